The molecule has 0 unspecified atom stereocenters. The smallest absolute Gasteiger partial charge is 0.242 e. The molecule has 2 atom stereocenters. The Kier molecular flexibility index (Phi) is 8.81. The maximum Gasteiger partial charge on any atom is 0.242 e. The monoisotopic (exact) mass is 454 g/mol. The summed E-state index contributed by atoms with van der Waals surface area (Å²) in [7, 11) is 0. The van der Waals surface area contributed by atoms with E-state index in [2.05, 4.69) is 5.32 Å². The summed E-state index contributed by atoms with van der Waals surface area (Å²) < 4.78 is 0. The normalized spacial score (nSPS) is 12.9. The number of carbonyl (C=O) groups is 2. The molecule has 29 heavy (non-hydrogen) atoms. The molecule has 0 heterocycles. The van der Waals surface area contributed by atoms with Gasteiger partial charge in [0.1, 0.15) is 6.04 Å². The number of rotatable bonds is 8. The first-order chi connectivity index (χ1) is 13.7. The first-order valence-electron chi connectivity index (χ1n) is 9.49. The van der Waals surface area contributed by atoms with Crippen molar-refractivity contribution in [2.75, 3.05) is 0 Å². The van der Waals surface area contributed by atoms with Crippen LogP contribution in [0.3, 0.4) is 0 Å². The van der Waals surface area contributed by atoms with Crippen LogP contribution in [0.1, 0.15) is 38.3 Å². The Hall–Kier alpha value is -1.75. The highest BCUT2D eigenvalue weighted by atomic mass is 35.5. The fourth-order valence-corrected chi connectivity index (χ4v) is 3.21. The van der Waals surface area contributed by atoms with Gasteiger partial charge in [-0.1, -0.05) is 59.9 Å². The Morgan fingerprint density at radius 1 is 0.966 bits per heavy atom. The summed E-state index contributed by atoms with van der Waals surface area (Å²) >= 11 is 18.1. The van der Waals surface area contributed by atoms with Crippen LogP contribution in [0.25, 0.3) is 0 Å². The van der Waals surface area contributed by atoms with Crippen molar-refractivity contribution >= 4 is 46.6 Å². The van der Waals surface area contributed by atoms with Crippen LogP contribution in [0.4, 0.5) is 0 Å². The van der Waals surface area contributed by atoms with Gasteiger partial charge in [0.25, 0.3) is 0 Å². The van der Waals surface area contributed by atoms with Crippen molar-refractivity contribution in [1.82, 2.24) is 10.2 Å². The predicted octanol–water partition coefficient (Wildman–Crippen LogP) is 5.52. The molecule has 7 heteroatoms. The summed E-state index contributed by atoms with van der Waals surface area (Å²) in [6.45, 7) is 5.91. The topological polar surface area (TPSA) is 49.4 Å². The van der Waals surface area contributed by atoms with Crippen LogP contribution in [0.5, 0.6) is 0 Å². The molecule has 0 saturated heterocycles. The molecule has 0 aromatic heterocycles. The Morgan fingerprint density at radius 2 is 1.59 bits per heavy atom. The summed E-state index contributed by atoms with van der Waals surface area (Å²) in [6.07, 6.45) is 0.976. The SMILES string of the molecule is CC[C@H](C)NC(=O)[C@@H](C)N(Cc1ccc(Cl)c(Cl)c1)C(=O)Cc1ccc(Cl)cc1. The quantitative estimate of drug-likeness (QED) is 0.569. The van der Waals surface area contributed by atoms with E-state index in [1.807, 2.05) is 26.0 Å². The molecule has 2 aromatic carbocycles. The molecule has 0 fully saturated rings. The van der Waals surface area contributed by atoms with E-state index in [0.717, 1.165) is 17.5 Å². The van der Waals surface area contributed by atoms with Crippen molar-refractivity contribution < 1.29 is 9.59 Å². The van der Waals surface area contributed by atoms with E-state index in [1.165, 1.54) is 0 Å². The second-order valence-corrected chi connectivity index (χ2v) is 8.32. The number of carbonyl (C=O) groups excluding carboxylic acids is 2. The van der Waals surface area contributed by atoms with Crippen LogP contribution in [-0.2, 0) is 22.6 Å². The van der Waals surface area contributed by atoms with Crippen molar-refractivity contribution in [2.45, 2.75) is 52.2 Å². The highest BCUT2D eigenvalue weighted by Gasteiger charge is 2.27. The van der Waals surface area contributed by atoms with Gasteiger partial charge in [-0.2, -0.15) is 0 Å². The van der Waals surface area contributed by atoms with Crippen molar-refractivity contribution in [3.8, 4) is 0 Å². The number of hydrogen-bond donors (Lipinski definition) is 1. The minimum atomic E-state index is -0.641. The van der Waals surface area contributed by atoms with Gasteiger partial charge in [-0.25, -0.2) is 0 Å². The Balaban J connectivity index is 2.25. The van der Waals surface area contributed by atoms with E-state index in [-0.39, 0.29) is 30.8 Å². The van der Waals surface area contributed by atoms with Gasteiger partial charge in [-0.3, -0.25) is 9.59 Å². The zero-order valence-corrected chi connectivity index (χ0v) is 19.0. The van der Waals surface area contributed by atoms with Gasteiger partial charge in [-0.15, -0.1) is 0 Å². The van der Waals surface area contributed by atoms with Gasteiger partial charge in [-0.05, 0) is 55.7 Å². The third-order valence-electron chi connectivity index (χ3n) is 4.77. The number of hydrogen-bond acceptors (Lipinski definition) is 2. The maximum atomic E-state index is 13.1. The molecule has 0 spiro atoms. The van der Waals surface area contributed by atoms with Crippen LogP contribution < -0.4 is 5.32 Å². The highest BCUT2D eigenvalue weighted by Crippen LogP contribution is 2.24. The summed E-state index contributed by atoms with van der Waals surface area (Å²) in [5, 5.41) is 4.40. The second-order valence-electron chi connectivity index (χ2n) is 7.07. The molecule has 0 radical (unpaired) electrons. The molecule has 4 nitrogen and oxygen atoms in total. The molecule has 0 aliphatic carbocycles. The van der Waals surface area contributed by atoms with Crippen LogP contribution >= 0.6 is 34.8 Å². The standard InChI is InChI=1S/C22H25Cl3N2O2/c1-4-14(2)26-22(29)15(3)27(13-17-7-10-19(24)20(25)11-17)21(28)12-16-5-8-18(23)9-6-16/h5-11,14-15H,4,12-13H2,1-3H3,(H,26,29)/t14-,15+/m0/s1. The molecule has 2 rings (SSSR count). The van der Waals surface area contributed by atoms with Crippen molar-refractivity contribution in [3.05, 3.63) is 68.7 Å². The summed E-state index contributed by atoms with van der Waals surface area (Å²) in [6, 6.07) is 11.7. The minimum Gasteiger partial charge on any atom is -0.352 e. The van der Waals surface area contributed by atoms with E-state index in [4.69, 9.17) is 34.8 Å². The van der Waals surface area contributed by atoms with E-state index in [9.17, 15) is 9.59 Å². The molecule has 2 aromatic rings. The van der Waals surface area contributed by atoms with Gasteiger partial charge in [0, 0.05) is 17.6 Å². The molecule has 0 bridgehead atoms. The number of nitrogens with one attached hydrogen (secondary N) is 1. The lowest BCUT2D eigenvalue weighted by molar-refractivity contribution is -0.140. The van der Waals surface area contributed by atoms with Gasteiger partial charge in [0.05, 0.1) is 16.5 Å². The maximum absolute atomic E-state index is 13.1. The summed E-state index contributed by atoms with van der Waals surface area (Å²) in [5.74, 6) is -0.353. The Labute approximate surface area is 187 Å². The van der Waals surface area contributed by atoms with E-state index < -0.39 is 6.04 Å². The van der Waals surface area contributed by atoms with Crippen molar-refractivity contribution in [3.63, 3.8) is 0 Å². The molecule has 0 saturated carbocycles. The molecule has 156 valence electrons. The predicted molar refractivity (Wildman–Crippen MR) is 120 cm³/mol. The lowest BCUT2D eigenvalue weighted by Crippen LogP contribution is -2.49. The Bertz CT molecular complexity index is 856. The molecule has 0 aliphatic heterocycles. The number of benzene rings is 2. The van der Waals surface area contributed by atoms with Gasteiger partial charge in [0.15, 0.2) is 0 Å². The average Bonchev–Trinajstić information content (AvgIpc) is 2.69. The van der Waals surface area contributed by atoms with Crippen LogP contribution in [0.2, 0.25) is 15.1 Å². The van der Waals surface area contributed by atoms with Crippen LogP contribution in [0, 0.1) is 0 Å². The first-order valence-corrected chi connectivity index (χ1v) is 10.6. The lowest BCUT2D eigenvalue weighted by Gasteiger charge is -2.30. The second kappa shape index (κ2) is 10.9. The van der Waals surface area contributed by atoms with Gasteiger partial charge >= 0.3 is 0 Å². The zero-order valence-electron chi connectivity index (χ0n) is 16.7. The summed E-state index contributed by atoms with van der Waals surface area (Å²) in [4.78, 5) is 27.4. The third kappa shape index (κ3) is 6.91. The van der Waals surface area contributed by atoms with Crippen molar-refractivity contribution in [1.29, 1.82) is 0 Å². The highest BCUT2D eigenvalue weighted by molar-refractivity contribution is 6.42. The van der Waals surface area contributed by atoms with Crippen LogP contribution in [-0.4, -0.2) is 28.8 Å². The minimum absolute atomic E-state index is 0.0307. The number of nitrogens with zero attached hydrogens (tertiary/aromatic N) is 1. The average molecular weight is 456 g/mol. The number of halogens is 3. The summed E-state index contributed by atoms with van der Waals surface area (Å²) in [5.41, 5.74) is 1.63. The van der Waals surface area contributed by atoms with Crippen molar-refractivity contribution in [2.24, 2.45) is 0 Å². The van der Waals surface area contributed by atoms with Gasteiger partial charge < -0.3 is 10.2 Å². The van der Waals surface area contributed by atoms with Crippen LogP contribution in [0.15, 0.2) is 42.5 Å². The molecule has 2 amide bonds. The molecule has 0 aliphatic rings. The zero-order chi connectivity index (χ0) is 21.6. The number of amides is 2. The van der Waals surface area contributed by atoms with E-state index in [0.29, 0.717) is 15.1 Å². The largest absolute Gasteiger partial charge is 0.352 e. The van der Waals surface area contributed by atoms with E-state index >= 15 is 0 Å². The fourth-order valence-electron chi connectivity index (χ4n) is 2.76. The lowest BCUT2D eigenvalue weighted by atomic mass is 10.1. The van der Waals surface area contributed by atoms with E-state index in [1.54, 1.807) is 42.2 Å². The van der Waals surface area contributed by atoms with Gasteiger partial charge in [0.2, 0.25) is 11.8 Å². The fraction of sp³-hybridized carbons (Fsp3) is 0.364. The third-order valence-corrected chi connectivity index (χ3v) is 5.76. The molecular weight excluding hydrogens is 431 g/mol. The first kappa shape index (κ1) is 23.5. The molecule has 1 N–H and O–H groups in total. The Morgan fingerprint density at radius 3 is 2.17 bits per heavy atom. The molecular formula is C22H25Cl3N2O2.